The second-order valence-corrected chi connectivity index (χ2v) is 2.86. The number of aromatic nitrogens is 2. The van der Waals surface area contributed by atoms with Crippen LogP contribution in [-0.2, 0) is 16.1 Å². The van der Waals surface area contributed by atoms with Crippen molar-refractivity contribution < 1.29 is 9.53 Å². The summed E-state index contributed by atoms with van der Waals surface area (Å²) in [5, 5.41) is 0. The molecule has 0 aromatic carbocycles. The first-order valence-corrected chi connectivity index (χ1v) is 4.64. The number of ether oxygens (including phenoxy) is 1. The van der Waals surface area contributed by atoms with Gasteiger partial charge in [-0.25, -0.2) is 4.98 Å². The highest BCUT2D eigenvalue weighted by molar-refractivity contribution is 5.65. The molecule has 0 saturated heterocycles. The molecule has 4 heteroatoms. The van der Waals surface area contributed by atoms with E-state index in [-0.39, 0.29) is 5.97 Å². The Morgan fingerprint density at radius 1 is 1.64 bits per heavy atom. The van der Waals surface area contributed by atoms with Crippen LogP contribution in [0.3, 0.4) is 0 Å². The fourth-order valence-corrected chi connectivity index (χ4v) is 0.881. The number of hydrogen-bond donors (Lipinski definition) is 0. The molecule has 4 nitrogen and oxygen atoms in total. The van der Waals surface area contributed by atoms with Crippen molar-refractivity contribution in [3.8, 4) is 0 Å². The van der Waals surface area contributed by atoms with Gasteiger partial charge in [-0.05, 0) is 13.3 Å². The third kappa shape index (κ3) is 5.35. The molecule has 0 aliphatic heterocycles. The van der Waals surface area contributed by atoms with Crippen LogP contribution in [0.4, 0.5) is 0 Å². The van der Waals surface area contributed by atoms with E-state index in [9.17, 15) is 4.79 Å². The second kappa shape index (κ2) is 7.12. The summed E-state index contributed by atoms with van der Waals surface area (Å²) in [6.07, 6.45) is 5.03. The van der Waals surface area contributed by atoms with Gasteiger partial charge >= 0.3 is 5.97 Å². The summed E-state index contributed by atoms with van der Waals surface area (Å²) in [5.74, 6) is 0.863. The summed E-state index contributed by atoms with van der Waals surface area (Å²) >= 11 is 0. The number of esters is 1. The van der Waals surface area contributed by atoms with Crippen LogP contribution >= 0.6 is 0 Å². The minimum absolute atomic E-state index is 0.245. The number of imidazole rings is 1. The molecule has 0 fully saturated rings. The van der Waals surface area contributed by atoms with E-state index in [1.54, 1.807) is 0 Å². The van der Waals surface area contributed by atoms with Crippen LogP contribution in [0.2, 0.25) is 0 Å². The lowest BCUT2D eigenvalue weighted by Crippen LogP contribution is -1.96. The summed E-state index contributed by atoms with van der Waals surface area (Å²) in [7, 11) is 1.35. The van der Waals surface area contributed by atoms with E-state index < -0.39 is 0 Å². The summed E-state index contributed by atoms with van der Waals surface area (Å²) < 4.78 is 6.26. The predicted octanol–water partition coefficient (Wildman–Crippen LogP) is 1.78. The average molecular weight is 198 g/mol. The van der Waals surface area contributed by atoms with Gasteiger partial charge in [-0.3, -0.25) is 4.79 Å². The molecule has 0 radical (unpaired) electrons. The molecule has 0 aliphatic carbocycles. The minimum atomic E-state index is -0.245. The van der Waals surface area contributed by atoms with E-state index in [0.717, 1.165) is 12.4 Å². The lowest BCUT2D eigenvalue weighted by atomic mass is 10.5. The van der Waals surface area contributed by atoms with Gasteiger partial charge in [-0.15, -0.1) is 0 Å². The lowest BCUT2D eigenvalue weighted by molar-refractivity contribution is -0.137. The Labute approximate surface area is 84.9 Å². The maximum atomic E-state index is 9.59. The van der Waals surface area contributed by atoms with Crippen LogP contribution in [-0.4, -0.2) is 22.6 Å². The lowest BCUT2D eigenvalue weighted by Gasteiger charge is -1.99. The number of carbonyl (C=O) groups excluding carboxylic acids is 1. The van der Waals surface area contributed by atoms with Crippen LogP contribution in [0, 0.1) is 6.92 Å². The second-order valence-electron chi connectivity index (χ2n) is 2.86. The molecule has 0 bridgehead atoms. The predicted molar refractivity (Wildman–Crippen MR) is 54.9 cm³/mol. The van der Waals surface area contributed by atoms with E-state index >= 15 is 0 Å². The van der Waals surface area contributed by atoms with Crippen molar-refractivity contribution in [2.24, 2.45) is 0 Å². The molecule has 14 heavy (non-hydrogen) atoms. The van der Waals surface area contributed by atoms with Crippen molar-refractivity contribution >= 4 is 5.97 Å². The first kappa shape index (κ1) is 12.7. The Hall–Kier alpha value is -1.32. The van der Waals surface area contributed by atoms with E-state index in [4.69, 9.17) is 0 Å². The molecular weight excluding hydrogens is 180 g/mol. The highest BCUT2D eigenvalue weighted by Gasteiger charge is 1.91. The molecule has 0 aliphatic rings. The Morgan fingerprint density at radius 3 is 2.50 bits per heavy atom. The van der Waals surface area contributed by atoms with Gasteiger partial charge in [-0.2, -0.15) is 0 Å². The largest absolute Gasteiger partial charge is 0.469 e. The van der Waals surface area contributed by atoms with Gasteiger partial charge in [0.25, 0.3) is 0 Å². The molecule has 1 aromatic rings. The molecular formula is C10H18N2O2. The first-order valence-electron chi connectivity index (χ1n) is 4.64. The highest BCUT2D eigenvalue weighted by atomic mass is 16.5. The van der Waals surface area contributed by atoms with Gasteiger partial charge < -0.3 is 9.30 Å². The fraction of sp³-hybridized carbons (Fsp3) is 0.600. The molecule has 0 unspecified atom stereocenters. The fourth-order valence-electron chi connectivity index (χ4n) is 0.881. The van der Waals surface area contributed by atoms with Crippen molar-refractivity contribution in [2.45, 2.75) is 33.7 Å². The number of aryl methyl sites for hydroxylation is 2. The van der Waals surface area contributed by atoms with Crippen molar-refractivity contribution in [1.29, 1.82) is 0 Å². The third-order valence-electron chi connectivity index (χ3n) is 1.68. The highest BCUT2D eigenvalue weighted by Crippen LogP contribution is 1.95. The summed E-state index contributed by atoms with van der Waals surface area (Å²) in [6.45, 7) is 6.64. The molecule has 1 aromatic heterocycles. The maximum absolute atomic E-state index is 9.59. The topological polar surface area (TPSA) is 44.1 Å². The summed E-state index contributed by atoms with van der Waals surface area (Å²) in [4.78, 5) is 13.7. The molecule has 0 atom stereocenters. The standard InChI is InChI=1S/C7H12N2.C3H6O2/c1-3-5-9-6-4-8-7(9)2;1-3(4)5-2/h4,6H,3,5H2,1-2H3;1-2H3. The zero-order chi connectivity index (χ0) is 11.0. The van der Waals surface area contributed by atoms with Crippen molar-refractivity contribution in [1.82, 2.24) is 9.55 Å². The monoisotopic (exact) mass is 198 g/mol. The molecule has 0 saturated carbocycles. The van der Waals surface area contributed by atoms with Gasteiger partial charge in [0.1, 0.15) is 5.82 Å². The number of hydrogen-bond acceptors (Lipinski definition) is 3. The number of carbonyl (C=O) groups is 1. The molecule has 0 amide bonds. The van der Waals surface area contributed by atoms with E-state index in [0.29, 0.717) is 0 Å². The van der Waals surface area contributed by atoms with Crippen molar-refractivity contribution in [3.63, 3.8) is 0 Å². The molecule has 1 heterocycles. The Bertz CT molecular complexity index is 269. The first-order chi connectivity index (χ1) is 6.61. The number of nitrogens with zero attached hydrogens (tertiary/aromatic N) is 2. The van der Waals surface area contributed by atoms with Crippen LogP contribution in [0.15, 0.2) is 12.4 Å². The van der Waals surface area contributed by atoms with Gasteiger partial charge in [0.15, 0.2) is 0 Å². The van der Waals surface area contributed by atoms with Crippen LogP contribution in [0.25, 0.3) is 0 Å². The zero-order valence-corrected chi connectivity index (χ0v) is 9.28. The van der Waals surface area contributed by atoms with Crippen LogP contribution in [0.1, 0.15) is 26.1 Å². The zero-order valence-electron chi connectivity index (χ0n) is 9.28. The van der Waals surface area contributed by atoms with E-state index in [2.05, 4.69) is 21.2 Å². The van der Waals surface area contributed by atoms with E-state index in [1.165, 1.54) is 20.5 Å². The smallest absolute Gasteiger partial charge is 0.302 e. The molecule has 80 valence electrons. The summed E-state index contributed by atoms with van der Waals surface area (Å²) in [6, 6.07) is 0. The maximum Gasteiger partial charge on any atom is 0.302 e. The SMILES string of the molecule is CCCn1ccnc1C.COC(C)=O. The Kier molecular flexibility index (Phi) is 6.45. The molecule has 0 spiro atoms. The molecule has 0 N–H and O–H groups in total. The molecule has 1 rings (SSSR count). The summed E-state index contributed by atoms with van der Waals surface area (Å²) in [5.41, 5.74) is 0. The van der Waals surface area contributed by atoms with E-state index in [1.807, 2.05) is 19.3 Å². The van der Waals surface area contributed by atoms with Crippen LogP contribution in [0.5, 0.6) is 0 Å². The van der Waals surface area contributed by atoms with Crippen molar-refractivity contribution in [3.05, 3.63) is 18.2 Å². The van der Waals surface area contributed by atoms with Gasteiger partial charge in [0, 0.05) is 25.9 Å². The normalized spacial score (nSPS) is 8.86. The minimum Gasteiger partial charge on any atom is -0.469 e. The third-order valence-corrected chi connectivity index (χ3v) is 1.68. The van der Waals surface area contributed by atoms with Gasteiger partial charge in [0.2, 0.25) is 0 Å². The van der Waals surface area contributed by atoms with Crippen molar-refractivity contribution in [2.75, 3.05) is 7.11 Å². The van der Waals surface area contributed by atoms with Gasteiger partial charge in [-0.1, -0.05) is 6.92 Å². The number of methoxy groups -OCH3 is 1. The Morgan fingerprint density at radius 2 is 2.21 bits per heavy atom. The quantitative estimate of drug-likeness (QED) is 0.680. The Balaban J connectivity index is 0.000000292. The van der Waals surface area contributed by atoms with Gasteiger partial charge in [0.05, 0.1) is 7.11 Å². The number of rotatable bonds is 2. The van der Waals surface area contributed by atoms with Crippen LogP contribution < -0.4 is 0 Å². The average Bonchev–Trinajstić information content (AvgIpc) is 2.54.